The molecule has 0 spiro atoms. The highest BCUT2D eigenvalue weighted by molar-refractivity contribution is 6.42. The van der Waals surface area contributed by atoms with Crippen LogP contribution in [-0.4, -0.2) is 44.1 Å². The Morgan fingerprint density at radius 2 is 2.25 bits per heavy atom. The van der Waals surface area contributed by atoms with Crippen molar-refractivity contribution in [2.45, 2.75) is 6.42 Å². The third-order valence-corrected chi connectivity index (χ3v) is 4.12. The molecule has 1 N–H and O–H groups in total. The summed E-state index contributed by atoms with van der Waals surface area (Å²) in [6.45, 7) is 2.57. The standard InChI is InChI=1S/C14H18Cl2N2O2/c1-17-7-10-4-5-18(8-10)14(19)9-20-11-2-3-12(15)13(16)6-11/h2-3,6,10,17H,4-5,7-9H2,1H3/t10-/m1/s1. The lowest BCUT2D eigenvalue weighted by Gasteiger charge is -2.17. The van der Waals surface area contributed by atoms with Crippen molar-refractivity contribution in [2.75, 3.05) is 33.3 Å². The van der Waals surface area contributed by atoms with E-state index in [0.29, 0.717) is 21.7 Å². The minimum absolute atomic E-state index is 0.00896. The molecule has 0 aromatic heterocycles. The molecule has 0 bridgehead atoms. The highest BCUT2D eigenvalue weighted by atomic mass is 35.5. The number of rotatable bonds is 5. The van der Waals surface area contributed by atoms with Crippen LogP contribution in [-0.2, 0) is 4.79 Å². The zero-order valence-electron chi connectivity index (χ0n) is 11.4. The van der Waals surface area contributed by atoms with Gasteiger partial charge in [0.05, 0.1) is 10.0 Å². The van der Waals surface area contributed by atoms with E-state index in [9.17, 15) is 4.79 Å². The number of nitrogens with one attached hydrogen (secondary N) is 1. The van der Waals surface area contributed by atoms with E-state index in [1.54, 1.807) is 18.2 Å². The molecule has 1 fully saturated rings. The van der Waals surface area contributed by atoms with Crippen molar-refractivity contribution in [3.8, 4) is 5.75 Å². The lowest BCUT2D eigenvalue weighted by Crippen LogP contribution is -2.34. The van der Waals surface area contributed by atoms with Gasteiger partial charge in [-0.3, -0.25) is 4.79 Å². The summed E-state index contributed by atoms with van der Waals surface area (Å²) in [5.74, 6) is 1.10. The van der Waals surface area contributed by atoms with Gasteiger partial charge >= 0.3 is 0 Å². The number of carbonyl (C=O) groups is 1. The summed E-state index contributed by atoms with van der Waals surface area (Å²) in [5.41, 5.74) is 0. The third-order valence-electron chi connectivity index (χ3n) is 3.38. The minimum atomic E-state index is 0.00896. The van der Waals surface area contributed by atoms with E-state index >= 15 is 0 Å². The van der Waals surface area contributed by atoms with Gasteiger partial charge in [-0.15, -0.1) is 0 Å². The molecule has 20 heavy (non-hydrogen) atoms. The predicted octanol–water partition coefficient (Wildman–Crippen LogP) is 2.44. The van der Waals surface area contributed by atoms with Crippen LogP contribution in [0.2, 0.25) is 10.0 Å². The number of ether oxygens (including phenoxy) is 1. The van der Waals surface area contributed by atoms with Gasteiger partial charge in [-0.2, -0.15) is 0 Å². The zero-order valence-corrected chi connectivity index (χ0v) is 12.9. The molecule has 0 saturated carbocycles. The first-order valence-corrected chi connectivity index (χ1v) is 7.36. The Balaban J connectivity index is 1.82. The molecule has 2 rings (SSSR count). The van der Waals surface area contributed by atoms with E-state index in [0.717, 1.165) is 26.1 Å². The van der Waals surface area contributed by atoms with E-state index in [1.165, 1.54) is 0 Å². The van der Waals surface area contributed by atoms with E-state index in [4.69, 9.17) is 27.9 Å². The molecule has 0 aliphatic carbocycles. The second-order valence-electron chi connectivity index (χ2n) is 4.92. The quantitative estimate of drug-likeness (QED) is 0.907. The molecule has 6 heteroatoms. The predicted molar refractivity (Wildman–Crippen MR) is 80.6 cm³/mol. The van der Waals surface area contributed by atoms with E-state index in [2.05, 4.69) is 5.32 Å². The molecule has 1 heterocycles. The number of hydrogen-bond acceptors (Lipinski definition) is 3. The topological polar surface area (TPSA) is 41.6 Å². The SMILES string of the molecule is CNC[C@H]1CCN(C(=O)COc2ccc(Cl)c(Cl)c2)C1. The van der Waals surface area contributed by atoms with Gasteiger partial charge in [-0.1, -0.05) is 23.2 Å². The van der Waals surface area contributed by atoms with Crippen molar-refractivity contribution in [3.63, 3.8) is 0 Å². The summed E-state index contributed by atoms with van der Waals surface area (Å²) in [4.78, 5) is 13.9. The van der Waals surface area contributed by atoms with Crippen molar-refractivity contribution in [3.05, 3.63) is 28.2 Å². The smallest absolute Gasteiger partial charge is 0.260 e. The van der Waals surface area contributed by atoms with Crippen LogP contribution in [0.4, 0.5) is 0 Å². The van der Waals surface area contributed by atoms with Gasteiger partial charge in [0, 0.05) is 19.2 Å². The highest BCUT2D eigenvalue weighted by Crippen LogP contribution is 2.26. The number of carbonyl (C=O) groups excluding carboxylic acids is 1. The lowest BCUT2D eigenvalue weighted by molar-refractivity contribution is -0.132. The Hall–Kier alpha value is -0.970. The summed E-state index contributed by atoms with van der Waals surface area (Å²) < 4.78 is 5.46. The van der Waals surface area contributed by atoms with Crippen LogP contribution in [0.5, 0.6) is 5.75 Å². The number of hydrogen-bond donors (Lipinski definition) is 1. The molecule has 1 amide bonds. The monoisotopic (exact) mass is 316 g/mol. The average Bonchev–Trinajstić information content (AvgIpc) is 2.89. The van der Waals surface area contributed by atoms with Crippen molar-refractivity contribution in [2.24, 2.45) is 5.92 Å². The second-order valence-corrected chi connectivity index (χ2v) is 5.73. The third kappa shape index (κ3) is 4.01. The first-order valence-electron chi connectivity index (χ1n) is 6.60. The Bertz CT molecular complexity index is 482. The molecular weight excluding hydrogens is 299 g/mol. The molecule has 1 aliphatic heterocycles. The molecule has 1 atom stereocenters. The first kappa shape index (κ1) is 15.4. The number of amides is 1. The van der Waals surface area contributed by atoms with Crippen LogP contribution < -0.4 is 10.1 Å². The van der Waals surface area contributed by atoms with Crippen molar-refractivity contribution in [1.29, 1.82) is 0 Å². The lowest BCUT2D eigenvalue weighted by atomic mass is 10.1. The maximum atomic E-state index is 12.0. The van der Waals surface area contributed by atoms with Crippen molar-refractivity contribution >= 4 is 29.1 Å². The van der Waals surface area contributed by atoms with Crippen LogP contribution in [0.1, 0.15) is 6.42 Å². The summed E-state index contributed by atoms with van der Waals surface area (Å²) in [6, 6.07) is 4.97. The number of benzene rings is 1. The number of halogens is 2. The fraction of sp³-hybridized carbons (Fsp3) is 0.500. The number of nitrogens with zero attached hydrogens (tertiary/aromatic N) is 1. The van der Waals surface area contributed by atoms with Crippen LogP contribution in [0, 0.1) is 5.92 Å². The summed E-state index contributed by atoms with van der Waals surface area (Å²) in [6.07, 6.45) is 1.04. The maximum Gasteiger partial charge on any atom is 0.260 e. The fourth-order valence-electron chi connectivity index (χ4n) is 2.32. The van der Waals surface area contributed by atoms with Crippen LogP contribution in [0.15, 0.2) is 18.2 Å². The van der Waals surface area contributed by atoms with Gasteiger partial charge < -0.3 is 15.0 Å². The molecule has 4 nitrogen and oxygen atoms in total. The largest absolute Gasteiger partial charge is 0.484 e. The second kappa shape index (κ2) is 7.16. The van der Waals surface area contributed by atoms with Gasteiger partial charge in [0.25, 0.3) is 5.91 Å². The van der Waals surface area contributed by atoms with Crippen molar-refractivity contribution in [1.82, 2.24) is 10.2 Å². The fourth-order valence-corrected chi connectivity index (χ4v) is 2.61. The first-order chi connectivity index (χ1) is 9.60. The molecule has 0 radical (unpaired) electrons. The molecule has 1 aliphatic rings. The Morgan fingerprint density at radius 1 is 1.45 bits per heavy atom. The van der Waals surface area contributed by atoms with Crippen LogP contribution in [0.25, 0.3) is 0 Å². The Morgan fingerprint density at radius 3 is 2.95 bits per heavy atom. The van der Waals surface area contributed by atoms with Gasteiger partial charge in [0.15, 0.2) is 6.61 Å². The van der Waals surface area contributed by atoms with Crippen molar-refractivity contribution < 1.29 is 9.53 Å². The molecule has 110 valence electrons. The number of likely N-dealkylation sites (tertiary alicyclic amines) is 1. The van der Waals surface area contributed by atoms with Gasteiger partial charge in [-0.05, 0) is 38.1 Å². The van der Waals surface area contributed by atoms with E-state index in [-0.39, 0.29) is 12.5 Å². The summed E-state index contributed by atoms with van der Waals surface area (Å²) in [7, 11) is 1.93. The minimum Gasteiger partial charge on any atom is -0.484 e. The zero-order chi connectivity index (χ0) is 14.5. The average molecular weight is 317 g/mol. The molecular formula is C14H18Cl2N2O2. The van der Waals surface area contributed by atoms with Gasteiger partial charge in [-0.25, -0.2) is 0 Å². The summed E-state index contributed by atoms with van der Waals surface area (Å²) >= 11 is 11.7. The Labute approximate surface area is 129 Å². The summed E-state index contributed by atoms with van der Waals surface area (Å²) in [5, 5.41) is 4.04. The molecule has 1 aromatic rings. The van der Waals surface area contributed by atoms with Crippen LogP contribution >= 0.6 is 23.2 Å². The van der Waals surface area contributed by atoms with Gasteiger partial charge in [0.2, 0.25) is 0 Å². The molecule has 1 aromatic carbocycles. The highest BCUT2D eigenvalue weighted by Gasteiger charge is 2.25. The van der Waals surface area contributed by atoms with E-state index < -0.39 is 0 Å². The van der Waals surface area contributed by atoms with Gasteiger partial charge in [0.1, 0.15) is 5.75 Å². The van der Waals surface area contributed by atoms with E-state index in [1.807, 2.05) is 11.9 Å². The molecule has 1 saturated heterocycles. The molecule has 0 unspecified atom stereocenters. The normalized spacial score (nSPS) is 18.4. The van der Waals surface area contributed by atoms with Crippen LogP contribution in [0.3, 0.4) is 0 Å². The Kier molecular flexibility index (Phi) is 5.52. The maximum absolute atomic E-state index is 12.0.